The van der Waals surface area contributed by atoms with Crippen molar-refractivity contribution in [1.82, 2.24) is 0 Å². The van der Waals surface area contributed by atoms with Crippen LogP contribution in [0.4, 0.5) is 0 Å². The van der Waals surface area contributed by atoms with E-state index in [1.165, 1.54) is 0 Å². The number of hydrogen-bond donors (Lipinski definition) is 1. The molecule has 0 heterocycles. The van der Waals surface area contributed by atoms with E-state index in [1.54, 1.807) is 0 Å². The summed E-state index contributed by atoms with van der Waals surface area (Å²) in [7, 11) is 0. The molecule has 0 amide bonds. The van der Waals surface area contributed by atoms with Gasteiger partial charge in [-0.3, -0.25) is 4.79 Å². The number of rotatable bonds is 5. The monoisotopic (exact) mass is 228 g/mol. The van der Waals surface area contributed by atoms with Gasteiger partial charge in [0.15, 0.2) is 0 Å². The quantitative estimate of drug-likeness (QED) is 0.576. The summed E-state index contributed by atoms with van der Waals surface area (Å²) in [6, 6.07) is 0. The smallest absolute Gasteiger partial charge is 0.303 e. The Balaban J connectivity index is 0. The Hall–Kier alpha value is 0.0500. The second-order valence-corrected chi connectivity index (χ2v) is 3.94. The van der Waals surface area contributed by atoms with Crippen molar-refractivity contribution in [3.8, 4) is 0 Å². The topological polar surface area (TPSA) is 37.3 Å². The molecule has 80 valence electrons. The standard InChI is InChI=1S/C8H16O2.CH2Cl2/c1-7(2)5-3-4-6-8(9)10;2-1-3/h7H,3-6H2,1-2H3,(H,9,10);1H2. The van der Waals surface area contributed by atoms with Crippen LogP contribution in [0.2, 0.25) is 0 Å². The molecule has 0 aromatic carbocycles. The van der Waals surface area contributed by atoms with E-state index in [1.807, 2.05) is 0 Å². The van der Waals surface area contributed by atoms with E-state index in [9.17, 15) is 4.79 Å². The van der Waals surface area contributed by atoms with Crippen molar-refractivity contribution in [2.75, 3.05) is 5.34 Å². The summed E-state index contributed by atoms with van der Waals surface area (Å²) < 4.78 is 0. The largest absolute Gasteiger partial charge is 0.481 e. The summed E-state index contributed by atoms with van der Waals surface area (Å²) in [5.74, 6) is 0.0255. The molecule has 0 atom stereocenters. The van der Waals surface area contributed by atoms with Crippen LogP contribution in [0, 0.1) is 5.92 Å². The molecule has 0 rings (SSSR count). The predicted octanol–water partition coefficient (Wildman–Crippen LogP) is 3.71. The van der Waals surface area contributed by atoms with Crippen molar-refractivity contribution >= 4 is 29.2 Å². The molecule has 1 N–H and O–H groups in total. The van der Waals surface area contributed by atoms with Gasteiger partial charge in [0.2, 0.25) is 0 Å². The third-order valence-electron chi connectivity index (χ3n) is 1.42. The average molecular weight is 229 g/mol. The van der Waals surface area contributed by atoms with E-state index in [0.717, 1.165) is 19.3 Å². The first kappa shape index (κ1) is 15.5. The summed E-state index contributed by atoms with van der Waals surface area (Å²) in [4.78, 5) is 10.0. The number of hydrogen-bond acceptors (Lipinski definition) is 1. The first-order valence-electron chi connectivity index (χ1n) is 4.38. The highest BCUT2D eigenvalue weighted by atomic mass is 35.5. The maximum atomic E-state index is 10.0. The molecule has 0 spiro atoms. The number of carbonyl (C=O) groups is 1. The van der Waals surface area contributed by atoms with Crippen molar-refractivity contribution < 1.29 is 9.90 Å². The van der Waals surface area contributed by atoms with Crippen molar-refractivity contribution in [3.05, 3.63) is 0 Å². The lowest BCUT2D eigenvalue weighted by Crippen LogP contribution is -1.94. The van der Waals surface area contributed by atoms with Gasteiger partial charge < -0.3 is 5.11 Å². The Morgan fingerprint density at radius 3 is 2.08 bits per heavy atom. The van der Waals surface area contributed by atoms with Gasteiger partial charge in [-0.2, -0.15) is 0 Å². The zero-order valence-electron chi connectivity index (χ0n) is 8.22. The molecule has 0 aromatic heterocycles. The Morgan fingerprint density at radius 1 is 1.31 bits per heavy atom. The number of halogens is 2. The highest BCUT2D eigenvalue weighted by Crippen LogP contribution is 2.07. The van der Waals surface area contributed by atoms with Crippen LogP contribution in [0.1, 0.15) is 39.5 Å². The third-order valence-corrected chi connectivity index (χ3v) is 1.42. The van der Waals surface area contributed by atoms with Crippen LogP contribution in [0.3, 0.4) is 0 Å². The summed E-state index contributed by atoms with van der Waals surface area (Å²) in [5, 5.41) is 8.47. The summed E-state index contributed by atoms with van der Waals surface area (Å²) >= 11 is 9.53. The highest BCUT2D eigenvalue weighted by molar-refractivity contribution is 6.40. The van der Waals surface area contributed by atoms with Crippen LogP contribution < -0.4 is 0 Å². The van der Waals surface area contributed by atoms with E-state index in [2.05, 4.69) is 13.8 Å². The van der Waals surface area contributed by atoms with Gasteiger partial charge in [0.25, 0.3) is 0 Å². The Kier molecular flexibility index (Phi) is 14.4. The van der Waals surface area contributed by atoms with Crippen molar-refractivity contribution in [2.24, 2.45) is 5.92 Å². The Morgan fingerprint density at radius 2 is 1.77 bits per heavy atom. The SMILES string of the molecule is CC(C)CCCCC(=O)O.ClCCl. The van der Waals surface area contributed by atoms with Crippen LogP contribution in [-0.2, 0) is 4.79 Å². The number of aliphatic carboxylic acids is 1. The molecule has 4 heteroatoms. The van der Waals surface area contributed by atoms with Gasteiger partial charge in [0.05, 0.1) is 5.34 Å². The van der Waals surface area contributed by atoms with Crippen LogP contribution >= 0.6 is 23.2 Å². The minimum absolute atomic E-state index is 0.194. The fourth-order valence-corrected chi connectivity index (χ4v) is 0.829. The van der Waals surface area contributed by atoms with Crippen molar-refractivity contribution in [3.63, 3.8) is 0 Å². The molecule has 0 fully saturated rings. The van der Waals surface area contributed by atoms with Gasteiger partial charge in [-0.15, -0.1) is 23.2 Å². The van der Waals surface area contributed by atoms with Gasteiger partial charge in [-0.25, -0.2) is 0 Å². The molecule has 0 aliphatic rings. The molecule has 0 saturated heterocycles. The predicted molar refractivity (Wildman–Crippen MR) is 57.5 cm³/mol. The third kappa shape index (κ3) is 24.5. The minimum Gasteiger partial charge on any atom is -0.481 e. The molecule has 0 aliphatic carbocycles. The van der Waals surface area contributed by atoms with E-state index < -0.39 is 5.97 Å². The lowest BCUT2D eigenvalue weighted by molar-refractivity contribution is -0.137. The maximum Gasteiger partial charge on any atom is 0.303 e. The van der Waals surface area contributed by atoms with Gasteiger partial charge in [0.1, 0.15) is 0 Å². The van der Waals surface area contributed by atoms with Crippen molar-refractivity contribution in [1.29, 1.82) is 0 Å². The Bertz CT molecular complexity index is 116. The number of unbranched alkanes of at least 4 members (excludes halogenated alkanes) is 1. The fraction of sp³-hybridized carbons (Fsp3) is 0.889. The number of carboxylic acid groups (broad SMARTS) is 1. The molecule has 2 nitrogen and oxygen atoms in total. The molecule has 0 aromatic rings. The molecule has 13 heavy (non-hydrogen) atoms. The Labute approximate surface area is 90.2 Å². The molecule has 0 radical (unpaired) electrons. The molecule has 0 unspecified atom stereocenters. The average Bonchev–Trinajstić information content (AvgIpc) is 1.99. The second-order valence-electron chi connectivity index (χ2n) is 3.13. The molecule has 0 bridgehead atoms. The highest BCUT2D eigenvalue weighted by Gasteiger charge is 1.97. The first-order chi connectivity index (χ1) is 6.04. The van der Waals surface area contributed by atoms with Crippen molar-refractivity contribution in [2.45, 2.75) is 39.5 Å². The first-order valence-corrected chi connectivity index (χ1v) is 5.45. The summed E-state index contributed by atoms with van der Waals surface area (Å²) in [6.07, 6.45) is 3.34. The van der Waals surface area contributed by atoms with Crippen LogP contribution in [-0.4, -0.2) is 16.4 Å². The summed E-state index contributed by atoms with van der Waals surface area (Å²) in [6.45, 7) is 4.31. The maximum absolute atomic E-state index is 10.0. The van der Waals surface area contributed by atoms with Crippen LogP contribution in [0.25, 0.3) is 0 Å². The van der Waals surface area contributed by atoms with Crippen LogP contribution in [0.5, 0.6) is 0 Å². The fourth-order valence-electron chi connectivity index (χ4n) is 0.829. The zero-order chi connectivity index (χ0) is 10.7. The van der Waals surface area contributed by atoms with Gasteiger partial charge >= 0.3 is 5.97 Å². The van der Waals surface area contributed by atoms with Gasteiger partial charge in [-0.05, 0) is 12.3 Å². The van der Waals surface area contributed by atoms with Crippen LogP contribution in [0.15, 0.2) is 0 Å². The molecular weight excluding hydrogens is 211 g/mol. The number of carboxylic acids is 1. The molecular formula is C9H18Cl2O2. The second kappa shape index (κ2) is 12.0. The number of alkyl halides is 2. The van der Waals surface area contributed by atoms with E-state index >= 15 is 0 Å². The van der Waals surface area contributed by atoms with E-state index in [-0.39, 0.29) is 5.34 Å². The van der Waals surface area contributed by atoms with E-state index in [4.69, 9.17) is 28.3 Å². The zero-order valence-corrected chi connectivity index (χ0v) is 9.74. The molecule has 0 aliphatic heterocycles. The van der Waals surface area contributed by atoms with E-state index in [0.29, 0.717) is 12.3 Å². The lowest BCUT2D eigenvalue weighted by Gasteiger charge is -2.01. The lowest BCUT2D eigenvalue weighted by atomic mass is 10.1. The van der Waals surface area contributed by atoms with Gasteiger partial charge in [-0.1, -0.05) is 26.7 Å². The minimum atomic E-state index is -0.677. The summed E-state index contributed by atoms with van der Waals surface area (Å²) in [5.41, 5.74) is 0. The normalized spacial score (nSPS) is 9.31. The van der Waals surface area contributed by atoms with Gasteiger partial charge in [0, 0.05) is 6.42 Å². The molecule has 0 saturated carbocycles.